The number of hydrogen-bond donors (Lipinski definition) is 2. The Hall–Kier alpha value is -1.79. The average Bonchev–Trinajstić information content (AvgIpc) is 2.43. The van der Waals surface area contributed by atoms with Crippen LogP contribution in [0.4, 0.5) is 4.79 Å². The first kappa shape index (κ1) is 14.3. The van der Waals surface area contributed by atoms with Crippen molar-refractivity contribution >= 4 is 6.03 Å². The molecule has 1 rings (SSSR count). The highest BCUT2D eigenvalue weighted by Crippen LogP contribution is 2.20. The molecule has 3 N–H and O–H groups in total. The topological polar surface area (TPSA) is 94.9 Å². The van der Waals surface area contributed by atoms with Crippen LogP contribution in [0.5, 0.6) is 0 Å². The van der Waals surface area contributed by atoms with Gasteiger partial charge in [0.05, 0.1) is 0 Å². The molecule has 7 heteroatoms. The van der Waals surface area contributed by atoms with E-state index in [1.165, 1.54) is 0 Å². The van der Waals surface area contributed by atoms with Crippen molar-refractivity contribution in [3.05, 3.63) is 16.3 Å². The van der Waals surface area contributed by atoms with Gasteiger partial charge >= 0.3 is 11.7 Å². The Morgan fingerprint density at radius 2 is 2.06 bits per heavy atom. The molecular formula is C11H21N5O2. The molecule has 1 aromatic rings. The summed E-state index contributed by atoms with van der Waals surface area (Å²) < 4.78 is 1.59. The second kappa shape index (κ2) is 4.83. The monoisotopic (exact) mass is 255 g/mol. The summed E-state index contributed by atoms with van der Waals surface area (Å²) in [5, 5.41) is 6.52. The van der Waals surface area contributed by atoms with E-state index in [0.29, 0.717) is 5.82 Å². The lowest BCUT2D eigenvalue weighted by Gasteiger charge is -2.23. The summed E-state index contributed by atoms with van der Waals surface area (Å²) in [6.45, 7) is 9.70. The largest absolute Gasteiger partial charge is 0.373 e. The van der Waals surface area contributed by atoms with Crippen LogP contribution in [0.25, 0.3) is 0 Å². The Morgan fingerprint density at radius 3 is 2.44 bits per heavy atom. The lowest BCUT2D eigenvalue weighted by atomic mass is 9.89. The van der Waals surface area contributed by atoms with E-state index in [1.54, 1.807) is 6.92 Å². The van der Waals surface area contributed by atoms with Gasteiger partial charge in [0.1, 0.15) is 0 Å². The van der Waals surface area contributed by atoms with Gasteiger partial charge in [0, 0.05) is 6.04 Å². The van der Waals surface area contributed by atoms with Gasteiger partial charge in [-0.25, -0.2) is 9.59 Å². The van der Waals surface area contributed by atoms with Gasteiger partial charge in [0.15, 0.2) is 5.82 Å². The molecule has 102 valence electrons. The number of nitrogens with zero attached hydrogens (tertiary/aromatic N) is 3. The highest BCUT2D eigenvalue weighted by molar-refractivity contribution is 5.75. The van der Waals surface area contributed by atoms with Crippen LogP contribution in [-0.2, 0) is 0 Å². The Balaban J connectivity index is 2.77. The first-order valence-electron chi connectivity index (χ1n) is 5.86. The Labute approximate surface area is 106 Å². The smallest absolute Gasteiger partial charge is 0.334 e. The van der Waals surface area contributed by atoms with Gasteiger partial charge in [-0.2, -0.15) is 4.68 Å². The minimum Gasteiger partial charge on any atom is -0.334 e. The molecule has 0 saturated carbocycles. The van der Waals surface area contributed by atoms with Crippen LogP contribution in [0.15, 0.2) is 4.79 Å². The normalized spacial score (nSPS) is 13.4. The van der Waals surface area contributed by atoms with Gasteiger partial charge in [0.25, 0.3) is 0 Å². The molecule has 18 heavy (non-hydrogen) atoms. The molecule has 1 amide bonds. The summed E-state index contributed by atoms with van der Waals surface area (Å²) in [5.74, 6) is 5.70. The van der Waals surface area contributed by atoms with Gasteiger partial charge in [-0.1, -0.05) is 20.8 Å². The van der Waals surface area contributed by atoms with Crippen LogP contribution in [0.1, 0.15) is 39.9 Å². The summed E-state index contributed by atoms with van der Waals surface area (Å²) in [4.78, 5) is 23.4. The van der Waals surface area contributed by atoms with Crippen molar-refractivity contribution < 1.29 is 4.79 Å². The van der Waals surface area contributed by atoms with Crippen molar-refractivity contribution in [3.8, 4) is 0 Å². The summed E-state index contributed by atoms with van der Waals surface area (Å²) >= 11 is 0. The van der Waals surface area contributed by atoms with Crippen LogP contribution < -0.4 is 16.8 Å². The molecule has 0 saturated heterocycles. The van der Waals surface area contributed by atoms with Gasteiger partial charge in [-0.3, -0.25) is 0 Å². The molecule has 1 heterocycles. The highest BCUT2D eigenvalue weighted by Gasteiger charge is 2.20. The maximum absolute atomic E-state index is 11.8. The summed E-state index contributed by atoms with van der Waals surface area (Å²) in [6, 6.07) is -0.600. The van der Waals surface area contributed by atoms with E-state index in [2.05, 4.69) is 31.2 Å². The third-order valence-corrected chi connectivity index (χ3v) is 2.46. The van der Waals surface area contributed by atoms with Crippen molar-refractivity contribution in [2.45, 2.75) is 47.1 Å². The molecule has 0 spiro atoms. The van der Waals surface area contributed by atoms with Gasteiger partial charge in [0.2, 0.25) is 0 Å². The number of carbonyl (C=O) groups is 1. The van der Waals surface area contributed by atoms with Crippen LogP contribution in [0.2, 0.25) is 0 Å². The summed E-state index contributed by atoms with van der Waals surface area (Å²) in [7, 11) is 0. The number of aromatic nitrogens is 3. The lowest BCUT2D eigenvalue weighted by Crippen LogP contribution is -2.43. The molecule has 1 unspecified atom stereocenters. The predicted molar refractivity (Wildman–Crippen MR) is 68.8 cm³/mol. The molecule has 1 aromatic heterocycles. The summed E-state index contributed by atoms with van der Waals surface area (Å²) in [5.41, 5.74) is -0.547. The molecule has 0 radical (unpaired) electrons. The van der Waals surface area contributed by atoms with E-state index in [1.807, 2.05) is 6.92 Å². The number of amides is 1. The number of nitrogens with two attached hydrogens (primary N) is 1. The second-order valence-corrected chi connectivity index (χ2v) is 5.73. The fourth-order valence-corrected chi connectivity index (χ4v) is 1.85. The molecule has 1 atom stereocenters. The van der Waals surface area contributed by atoms with Gasteiger partial charge < -0.3 is 11.2 Å². The molecule has 0 bridgehead atoms. The van der Waals surface area contributed by atoms with Crippen LogP contribution in [0.3, 0.4) is 0 Å². The molecule has 0 fully saturated rings. The maximum atomic E-state index is 11.8. The maximum Gasteiger partial charge on any atom is 0.373 e. The Bertz CT molecular complexity index is 495. The molecule has 7 nitrogen and oxygen atoms in total. The van der Waals surface area contributed by atoms with Crippen molar-refractivity contribution in [1.29, 1.82) is 0 Å². The SMILES string of the molecule is Cc1nn(C(=O)NC(C)CC(C)(C)C)c(=O)n1N. The van der Waals surface area contributed by atoms with Crippen LogP contribution in [-0.4, -0.2) is 26.5 Å². The van der Waals surface area contributed by atoms with Crippen molar-refractivity contribution in [1.82, 2.24) is 19.8 Å². The highest BCUT2D eigenvalue weighted by atomic mass is 16.2. The number of aryl methyl sites for hydroxylation is 1. The number of carbonyl (C=O) groups excluding carboxylic acids is 1. The predicted octanol–water partition coefficient (Wildman–Crippen LogP) is 0.449. The molecule has 0 aliphatic carbocycles. The van der Waals surface area contributed by atoms with Crippen molar-refractivity contribution in [3.63, 3.8) is 0 Å². The molecular weight excluding hydrogens is 234 g/mol. The third kappa shape index (κ3) is 3.35. The number of rotatable bonds is 2. The van der Waals surface area contributed by atoms with Crippen molar-refractivity contribution in [2.75, 3.05) is 5.84 Å². The Morgan fingerprint density at radius 1 is 1.50 bits per heavy atom. The van der Waals surface area contributed by atoms with E-state index < -0.39 is 11.7 Å². The molecule has 0 aromatic carbocycles. The fraction of sp³-hybridized carbons (Fsp3) is 0.727. The van der Waals surface area contributed by atoms with E-state index in [-0.39, 0.29) is 11.5 Å². The average molecular weight is 255 g/mol. The zero-order valence-electron chi connectivity index (χ0n) is 11.5. The van der Waals surface area contributed by atoms with E-state index >= 15 is 0 Å². The Kier molecular flexibility index (Phi) is 3.83. The molecule has 0 aliphatic heterocycles. The minimum absolute atomic E-state index is 0.0485. The van der Waals surface area contributed by atoms with E-state index in [9.17, 15) is 9.59 Å². The number of hydrogen-bond acceptors (Lipinski definition) is 4. The number of nitrogen functional groups attached to an aromatic ring is 1. The molecule has 0 aliphatic rings. The third-order valence-electron chi connectivity index (χ3n) is 2.46. The van der Waals surface area contributed by atoms with Crippen molar-refractivity contribution in [2.24, 2.45) is 5.41 Å². The van der Waals surface area contributed by atoms with E-state index in [0.717, 1.165) is 15.8 Å². The first-order chi connectivity index (χ1) is 8.11. The zero-order chi connectivity index (χ0) is 14.1. The second-order valence-electron chi connectivity index (χ2n) is 5.73. The first-order valence-corrected chi connectivity index (χ1v) is 5.86. The van der Waals surface area contributed by atoms with E-state index in [4.69, 9.17) is 5.84 Å². The quantitative estimate of drug-likeness (QED) is 0.750. The van der Waals surface area contributed by atoms with Crippen LogP contribution >= 0.6 is 0 Å². The summed E-state index contributed by atoms with van der Waals surface area (Å²) in [6.07, 6.45) is 0.801. The van der Waals surface area contributed by atoms with Gasteiger partial charge in [-0.05, 0) is 25.7 Å². The standard InChI is InChI=1S/C11H21N5O2/c1-7(6-11(3,4)5)13-9(17)16-10(18)15(12)8(2)14-16/h7H,6,12H2,1-5H3,(H,13,17). The number of nitrogens with one attached hydrogen (secondary N) is 1. The van der Waals surface area contributed by atoms with Gasteiger partial charge in [-0.15, -0.1) is 9.78 Å². The minimum atomic E-state index is -0.645. The lowest BCUT2D eigenvalue weighted by molar-refractivity contribution is 0.230. The van der Waals surface area contributed by atoms with Crippen LogP contribution in [0, 0.1) is 12.3 Å². The fourth-order valence-electron chi connectivity index (χ4n) is 1.85. The zero-order valence-corrected chi connectivity index (χ0v) is 11.5.